The summed E-state index contributed by atoms with van der Waals surface area (Å²) in [6, 6.07) is 12.9. The first-order valence-corrected chi connectivity index (χ1v) is 6.61. The Morgan fingerprint density at radius 3 is 2.89 bits per heavy atom. The van der Waals surface area contributed by atoms with Gasteiger partial charge in [-0.05, 0) is 12.0 Å². The molecular weight excluding hydrogens is 224 g/mol. The van der Waals surface area contributed by atoms with Crippen molar-refractivity contribution in [2.45, 2.75) is 25.3 Å². The van der Waals surface area contributed by atoms with Gasteiger partial charge in [0.05, 0.1) is 25.2 Å². The van der Waals surface area contributed by atoms with Crippen LogP contribution in [0.1, 0.15) is 24.8 Å². The Morgan fingerprint density at radius 2 is 2.22 bits per heavy atom. The van der Waals surface area contributed by atoms with Crippen LogP contribution in [0, 0.1) is 11.3 Å². The zero-order valence-electron chi connectivity index (χ0n) is 10.9. The minimum absolute atomic E-state index is 0.0432. The normalized spacial score (nSPS) is 22.3. The van der Waals surface area contributed by atoms with Crippen LogP contribution in [0.2, 0.25) is 0 Å². The Morgan fingerprint density at radius 1 is 1.44 bits per heavy atom. The molecule has 1 aliphatic rings. The number of rotatable bonds is 4. The minimum Gasteiger partial charge on any atom is -0.378 e. The number of morpholine rings is 1. The Bertz CT molecular complexity index is 399. The van der Waals surface area contributed by atoms with E-state index in [1.165, 1.54) is 0 Å². The van der Waals surface area contributed by atoms with Crippen molar-refractivity contribution in [3.63, 3.8) is 0 Å². The lowest BCUT2D eigenvalue weighted by molar-refractivity contribution is -0.00934. The smallest absolute Gasteiger partial charge is 0.0839 e. The molecule has 0 bridgehead atoms. The van der Waals surface area contributed by atoms with Gasteiger partial charge < -0.3 is 4.74 Å². The molecule has 3 nitrogen and oxygen atoms in total. The monoisotopic (exact) mass is 244 g/mol. The zero-order valence-corrected chi connectivity index (χ0v) is 10.9. The molecule has 2 rings (SSSR count). The third-order valence-corrected chi connectivity index (χ3v) is 3.60. The van der Waals surface area contributed by atoms with Crippen LogP contribution in [0.3, 0.4) is 0 Å². The van der Waals surface area contributed by atoms with E-state index < -0.39 is 0 Å². The number of nitriles is 1. The highest BCUT2D eigenvalue weighted by Crippen LogP contribution is 2.19. The van der Waals surface area contributed by atoms with Gasteiger partial charge in [0.1, 0.15) is 0 Å². The topological polar surface area (TPSA) is 36.3 Å². The van der Waals surface area contributed by atoms with Crippen LogP contribution in [0.5, 0.6) is 0 Å². The van der Waals surface area contributed by atoms with E-state index in [9.17, 15) is 5.26 Å². The summed E-state index contributed by atoms with van der Waals surface area (Å²) in [4.78, 5) is 2.39. The molecule has 1 aliphatic heterocycles. The molecule has 1 saturated heterocycles. The fourth-order valence-corrected chi connectivity index (χ4v) is 2.45. The maximum Gasteiger partial charge on any atom is 0.0839 e. The molecule has 1 heterocycles. The second kappa shape index (κ2) is 6.53. The molecule has 1 fully saturated rings. The fourth-order valence-electron chi connectivity index (χ4n) is 2.45. The highest BCUT2D eigenvalue weighted by Gasteiger charge is 2.24. The summed E-state index contributed by atoms with van der Waals surface area (Å²) >= 11 is 0. The van der Waals surface area contributed by atoms with Crippen molar-refractivity contribution in [3.8, 4) is 6.07 Å². The van der Waals surface area contributed by atoms with Crippen molar-refractivity contribution in [2.75, 3.05) is 26.3 Å². The van der Waals surface area contributed by atoms with Gasteiger partial charge in [-0.15, -0.1) is 0 Å². The Kier molecular flexibility index (Phi) is 4.74. The van der Waals surface area contributed by atoms with Gasteiger partial charge in [0.15, 0.2) is 0 Å². The van der Waals surface area contributed by atoms with Crippen molar-refractivity contribution >= 4 is 0 Å². The Labute approximate surface area is 109 Å². The van der Waals surface area contributed by atoms with Crippen LogP contribution in [0.4, 0.5) is 0 Å². The lowest BCUT2D eigenvalue weighted by atomic mass is 9.99. The number of hydrogen-bond acceptors (Lipinski definition) is 3. The van der Waals surface area contributed by atoms with Gasteiger partial charge >= 0.3 is 0 Å². The van der Waals surface area contributed by atoms with E-state index in [4.69, 9.17) is 4.74 Å². The quantitative estimate of drug-likeness (QED) is 0.816. The molecule has 0 amide bonds. The largest absolute Gasteiger partial charge is 0.378 e. The second-order valence-electron chi connectivity index (χ2n) is 4.72. The Hall–Kier alpha value is -1.37. The van der Waals surface area contributed by atoms with E-state index in [-0.39, 0.29) is 5.92 Å². The molecule has 3 heteroatoms. The fraction of sp³-hybridized carbons (Fsp3) is 0.533. The van der Waals surface area contributed by atoms with Crippen LogP contribution in [0.15, 0.2) is 30.3 Å². The summed E-state index contributed by atoms with van der Waals surface area (Å²) < 4.78 is 5.50. The zero-order chi connectivity index (χ0) is 12.8. The summed E-state index contributed by atoms with van der Waals surface area (Å²) in [6.07, 6.45) is 1.08. The number of benzene rings is 1. The van der Waals surface area contributed by atoms with Crippen molar-refractivity contribution in [1.29, 1.82) is 5.26 Å². The predicted molar refractivity (Wildman–Crippen MR) is 71.3 cm³/mol. The molecule has 1 aromatic carbocycles. The number of nitrogens with zero attached hydrogens (tertiary/aromatic N) is 2. The molecule has 0 aliphatic carbocycles. The number of ether oxygens (including phenoxy) is 1. The molecule has 0 saturated carbocycles. The third kappa shape index (κ3) is 3.10. The first-order chi connectivity index (χ1) is 8.85. The molecule has 2 atom stereocenters. The average Bonchev–Trinajstić information content (AvgIpc) is 2.46. The van der Waals surface area contributed by atoms with Crippen molar-refractivity contribution < 1.29 is 4.74 Å². The van der Waals surface area contributed by atoms with Crippen molar-refractivity contribution in [1.82, 2.24) is 4.90 Å². The first kappa shape index (κ1) is 13.1. The van der Waals surface area contributed by atoms with E-state index in [0.29, 0.717) is 6.04 Å². The van der Waals surface area contributed by atoms with Crippen LogP contribution in [0.25, 0.3) is 0 Å². The molecule has 0 N–H and O–H groups in total. The van der Waals surface area contributed by atoms with Gasteiger partial charge in [0, 0.05) is 19.1 Å². The van der Waals surface area contributed by atoms with Gasteiger partial charge in [0.2, 0.25) is 0 Å². The van der Waals surface area contributed by atoms with Gasteiger partial charge in [-0.1, -0.05) is 37.3 Å². The van der Waals surface area contributed by atoms with E-state index in [0.717, 1.165) is 38.3 Å². The summed E-state index contributed by atoms with van der Waals surface area (Å²) in [5.74, 6) is -0.0432. The lowest BCUT2D eigenvalue weighted by Crippen LogP contribution is -2.46. The van der Waals surface area contributed by atoms with Crippen molar-refractivity contribution in [2.24, 2.45) is 0 Å². The number of hydrogen-bond donors (Lipinski definition) is 0. The van der Waals surface area contributed by atoms with Gasteiger partial charge in [-0.3, -0.25) is 4.90 Å². The molecule has 18 heavy (non-hydrogen) atoms. The molecular formula is C15H20N2O. The highest BCUT2D eigenvalue weighted by atomic mass is 16.5. The average molecular weight is 244 g/mol. The lowest BCUT2D eigenvalue weighted by Gasteiger charge is -2.36. The maximum absolute atomic E-state index is 9.36. The van der Waals surface area contributed by atoms with Crippen LogP contribution >= 0.6 is 0 Å². The van der Waals surface area contributed by atoms with Crippen LogP contribution in [-0.2, 0) is 4.74 Å². The highest BCUT2D eigenvalue weighted by molar-refractivity contribution is 5.25. The minimum atomic E-state index is -0.0432. The van der Waals surface area contributed by atoms with Crippen LogP contribution in [-0.4, -0.2) is 37.2 Å². The molecule has 0 radical (unpaired) electrons. The van der Waals surface area contributed by atoms with E-state index in [1.807, 2.05) is 30.3 Å². The summed E-state index contributed by atoms with van der Waals surface area (Å²) in [5.41, 5.74) is 1.11. The van der Waals surface area contributed by atoms with Crippen LogP contribution < -0.4 is 0 Å². The van der Waals surface area contributed by atoms with Gasteiger partial charge in [0.25, 0.3) is 0 Å². The predicted octanol–water partition coefficient (Wildman–Crippen LogP) is 2.40. The summed E-state index contributed by atoms with van der Waals surface area (Å²) in [5, 5.41) is 9.36. The first-order valence-electron chi connectivity index (χ1n) is 6.61. The maximum atomic E-state index is 9.36. The van der Waals surface area contributed by atoms with Gasteiger partial charge in [-0.2, -0.15) is 5.26 Å². The van der Waals surface area contributed by atoms with E-state index >= 15 is 0 Å². The summed E-state index contributed by atoms with van der Waals surface area (Å²) in [7, 11) is 0. The Balaban J connectivity index is 2.04. The standard InChI is InChI=1S/C15H20N2O/c1-2-15-12-18-9-8-17(15)11-14(10-16)13-6-4-3-5-7-13/h3-7,14-15H,2,8-9,11-12H2,1H3. The summed E-state index contributed by atoms with van der Waals surface area (Å²) in [6.45, 7) is 5.50. The third-order valence-electron chi connectivity index (χ3n) is 3.60. The van der Waals surface area contributed by atoms with E-state index in [1.54, 1.807) is 0 Å². The SMILES string of the molecule is CCC1COCCN1CC(C#N)c1ccccc1. The molecule has 96 valence electrons. The molecule has 0 aromatic heterocycles. The second-order valence-corrected chi connectivity index (χ2v) is 4.72. The molecule has 2 unspecified atom stereocenters. The molecule has 0 spiro atoms. The van der Waals surface area contributed by atoms with Crippen molar-refractivity contribution in [3.05, 3.63) is 35.9 Å². The van der Waals surface area contributed by atoms with E-state index in [2.05, 4.69) is 17.9 Å². The van der Waals surface area contributed by atoms with Gasteiger partial charge in [-0.25, -0.2) is 0 Å². The molecule has 1 aromatic rings.